The molecule has 0 spiro atoms. The Labute approximate surface area is 184 Å². The molecule has 2 heterocycles. The number of nitrogens with one attached hydrogen (secondary N) is 1. The Kier molecular flexibility index (Phi) is 6.43. The molecule has 0 saturated carbocycles. The molecule has 0 radical (unpaired) electrons. The van der Waals surface area contributed by atoms with Crippen LogP contribution in [0.1, 0.15) is 18.4 Å². The van der Waals surface area contributed by atoms with Gasteiger partial charge in [-0.15, -0.1) is 5.10 Å². The first-order valence-electron chi connectivity index (χ1n) is 10.0. The van der Waals surface area contributed by atoms with Crippen molar-refractivity contribution in [3.63, 3.8) is 0 Å². The molecular formula is C23H21ClN4O3. The van der Waals surface area contributed by atoms with Gasteiger partial charge in [0.2, 0.25) is 17.7 Å². The average Bonchev–Trinajstić information content (AvgIpc) is 3.27. The number of piperidine rings is 1. The number of carbonyl (C=O) groups excluding carboxylic acids is 2. The van der Waals surface area contributed by atoms with Crippen molar-refractivity contribution in [3.05, 3.63) is 71.3 Å². The Balaban J connectivity index is 1.28. The van der Waals surface area contributed by atoms with Crippen LogP contribution in [-0.4, -0.2) is 40.0 Å². The lowest BCUT2D eigenvalue weighted by atomic mass is 9.96. The number of amides is 2. The van der Waals surface area contributed by atoms with E-state index in [-0.39, 0.29) is 23.7 Å². The van der Waals surface area contributed by atoms with Crippen molar-refractivity contribution in [2.24, 2.45) is 5.92 Å². The van der Waals surface area contributed by atoms with Gasteiger partial charge in [0.05, 0.1) is 0 Å². The molecule has 7 nitrogen and oxygen atoms in total. The van der Waals surface area contributed by atoms with Crippen LogP contribution in [0.5, 0.6) is 0 Å². The fraction of sp³-hybridized carbons (Fsp3) is 0.217. The minimum absolute atomic E-state index is 0.0489. The SMILES string of the molecule is O=C(Nc1nnc(-c2ccc(Cl)cc2)o1)C1CCN(C(=O)C=Cc2ccccc2)CC1. The number of halogens is 1. The molecule has 158 valence electrons. The van der Waals surface area contributed by atoms with Gasteiger partial charge in [-0.05, 0) is 48.7 Å². The molecule has 1 aliphatic heterocycles. The van der Waals surface area contributed by atoms with Crippen molar-refractivity contribution in [3.8, 4) is 11.5 Å². The van der Waals surface area contributed by atoms with Gasteiger partial charge in [0.15, 0.2) is 0 Å². The molecule has 8 heteroatoms. The number of nitrogens with zero attached hydrogens (tertiary/aromatic N) is 3. The Hall–Kier alpha value is -3.45. The second kappa shape index (κ2) is 9.57. The van der Waals surface area contributed by atoms with E-state index in [4.69, 9.17) is 16.0 Å². The molecule has 0 atom stereocenters. The third-order valence-electron chi connectivity index (χ3n) is 5.14. The third-order valence-corrected chi connectivity index (χ3v) is 5.39. The van der Waals surface area contributed by atoms with E-state index in [1.807, 2.05) is 30.3 Å². The summed E-state index contributed by atoms with van der Waals surface area (Å²) in [5.41, 5.74) is 1.69. The van der Waals surface area contributed by atoms with Crippen LogP contribution < -0.4 is 5.32 Å². The zero-order valence-electron chi connectivity index (χ0n) is 16.7. The predicted molar refractivity (Wildman–Crippen MR) is 118 cm³/mol. The molecule has 1 aliphatic rings. The highest BCUT2D eigenvalue weighted by atomic mass is 35.5. The first-order chi connectivity index (χ1) is 15.1. The van der Waals surface area contributed by atoms with E-state index in [1.165, 1.54) is 0 Å². The van der Waals surface area contributed by atoms with Gasteiger partial charge in [-0.25, -0.2) is 0 Å². The summed E-state index contributed by atoms with van der Waals surface area (Å²) in [6.45, 7) is 1.05. The van der Waals surface area contributed by atoms with Gasteiger partial charge < -0.3 is 9.32 Å². The maximum Gasteiger partial charge on any atom is 0.322 e. The number of likely N-dealkylation sites (tertiary alicyclic amines) is 1. The van der Waals surface area contributed by atoms with Crippen LogP contribution in [0.2, 0.25) is 5.02 Å². The quantitative estimate of drug-likeness (QED) is 0.603. The smallest absolute Gasteiger partial charge is 0.322 e. The summed E-state index contributed by atoms with van der Waals surface area (Å²) >= 11 is 5.88. The van der Waals surface area contributed by atoms with E-state index in [0.717, 1.165) is 5.56 Å². The molecule has 0 unspecified atom stereocenters. The first-order valence-corrected chi connectivity index (χ1v) is 10.4. The fourth-order valence-electron chi connectivity index (χ4n) is 3.39. The number of rotatable bonds is 5. The summed E-state index contributed by atoms with van der Waals surface area (Å²) in [6.07, 6.45) is 4.53. The zero-order chi connectivity index (χ0) is 21.6. The molecule has 2 amide bonds. The van der Waals surface area contributed by atoms with Crippen molar-refractivity contribution in [2.75, 3.05) is 18.4 Å². The van der Waals surface area contributed by atoms with E-state index in [2.05, 4.69) is 15.5 Å². The highest BCUT2D eigenvalue weighted by Crippen LogP contribution is 2.23. The number of carbonyl (C=O) groups is 2. The normalized spacial score (nSPS) is 14.7. The lowest BCUT2D eigenvalue weighted by Gasteiger charge is -2.30. The van der Waals surface area contributed by atoms with Crippen LogP contribution in [0.15, 0.2) is 65.1 Å². The van der Waals surface area contributed by atoms with E-state index in [9.17, 15) is 9.59 Å². The second-order valence-corrected chi connectivity index (χ2v) is 7.69. The molecular weight excluding hydrogens is 416 g/mol. The highest BCUT2D eigenvalue weighted by Gasteiger charge is 2.27. The molecule has 0 bridgehead atoms. The van der Waals surface area contributed by atoms with Gasteiger partial charge in [-0.1, -0.05) is 47.0 Å². The molecule has 4 rings (SSSR count). The average molecular weight is 437 g/mol. The second-order valence-electron chi connectivity index (χ2n) is 7.25. The summed E-state index contributed by atoms with van der Waals surface area (Å²) in [6, 6.07) is 16.7. The summed E-state index contributed by atoms with van der Waals surface area (Å²) in [4.78, 5) is 26.7. The summed E-state index contributed by atoms with van der Waals surface area (Å²) in [5.74, 6) is -0.143. The minimum Gasteiger partial charge on any atom is -0.403 e. The van der Waals surface area contributed by atoms with Crippen molar-refractivity contribution >= 4 is 35.5 Å². The summed E-state index contributed by atoms with van der Waals surface area (Å²) in [7, 11) is 0. The van der Waals surface area contributed by atoms with Crippen molar-refractivity contribution in [2.45, 2.75) is 12.8 Å². The lowest BCUT2D eigenvalue weighted by molar-refractivity contribution is -0.130. The van der Waals surface area contributed by atoms with Crippen LogP contribution in [0, 0.1) is 5.92 Å². The summed E-state index contributed by atoms with van der Waals surface area (Å²) < 4.78 is 5.53. The predicted octanol–water partition coefficient (Wildman–Crippen LogP) is 4.28. The maximum atomic E-state index is 12.6. The molecule has 2 aromatic carbocycles. The number of hydrogen-bond donors (Lipinski definition) is 1. The standard InChI is InChI=1S/C23H21ClN4O3/c24-19-9-7-18(8-10-19)22-26-27-23(31-22)25-21(30)17-12-14-28(15-13-17)20(29)11-6-16-4-2-1-3-5-16/h1-11,17H,12-15H2,(H,25,27,30). The maximum absolute atomic E-state index is 12.6. The van der Waals surface area contributed by atoms with E-state index in [1.54, 1.807) is 41.3 Å². The topological polar surface area (TPSA) is 88.3 Å². The van der Waals surface area contributed by atoms with Gasteiger partial charge in [0, 0.05) is 35.7 Å². The molecule has 1 aromatic heterocycles. The van der Waals surface area contributed by atoms with Gasteiger partial charge in [0.25, 0.3) is 0 Å². The lowest BCUT2D eigenvalue weighted by Crippen LogP contribution is -2.40. The number of hydrogen-bond acceptors (Lipinski definition) is 5. The fourth-order valence-corrected chi connectivity index (χ4v) is 3.52. The van der Waals surface area contributed by atoms with Crippen LogP contribution in [0.4, 0.5) is 6.01 Å². The summed E-state index contributed by atoms with van der Waals surface area (Å²) in [5, 5.41) is 11.1. The molecule has 1 saturated heterocycles. The third kappa shape index (κ3) is 5.38. The molecule has 0 aliphatic carbocycles. The molecule has 31 heavy (non-hydrogen) atoms. The van der Waals surface area contributed by atoms with Crippen LogP contribution in [0.25, 0.3) is 17.5 Å². The monoisotopic (exact) mass is 436 g/mol. The van der Waals surface area contributed by atoms with Crippen LogP contribution >= 0.6 is 11.6 Å². The molecule has 3 aromatic rings. The zero-order valence-corrected chi connectivity index (χ0v) is 17.5. The highest BCUT2D eigenvalue weighted by molar-refractivity contribution is 6.30. The Morgan fingerprint density at radius 3 is 2.45 bits per heavy atom. The van der Waals surface area contributed by atoms with E-state index in [0.29, 0.717) is 42.4 Å². The molecule has 1 N–H and O–H groups in total. The van der Waals surface area contributed by atoms with Gasteiger partial charge in [0.1, 0.15) is 0 Å². The van der Waals surface area contributed by atoms with Crippen molar-refractivity contribution in [1.82, 2.24) is 15.1 Å². The Morgan fingerprint density at radius 1 is 1.03 bits per heavy atom. The number of benzene rings is 2. The van der Waals surface area contributed by atoms with Crippen molar-refractivity contribution in [1.29, 1.82) is 0 Å². The Bertz CT molecular complexity index is 1070. The first kappa shape index (κ1) is 20.8. The number of aromatic nitrogens is 2. The minimum atomic E-state index is -0.215. The van der Waals surface area contributed by atoms with Gasteiger partial charge in [-0.2, -0.15) is 0 Å². The molecule has 1 fully saturated rings. The van der Waals surface area contributed by atoms with Crippen LogP contribution in [-0.2, 0) is 9.59 Å². The number of anilines is 1. The Morgan fingerprint density at radius 2 is 1.74 bits per heavy atom. The van der Waals surface area contributed by atoms with Gasteiger partial charge in [-0.3, -0.25) is 14.9 Å². The van der Waals surface area contributed by atoms with Crippen molar-refractivity contribution < 1.29 is 14.0 Å². The van der Waals surface area contributed by atoms with Crippen LogP contribution in [0.3, 0.4) is 0 Å². The van der Waals surface area contributed by atoms with E-state index < -0.39 is 0 Å². The largest absolute Gasteiger partial charge is 0.403 e. The van der Waals surface area contributed by atoms with Gasteiger partial charge >= 0.3 is 6.01 Å². The van der Waals surface area contributed by atoms with E-state index >= 15 is 0 Å².